The molecule has 0 saturated heterocycles. The summed E-state index contributed by atoms with van der Waals surface area (Å²) < 4.78 is 8.93. The van der Waals surface area contributed by atoms with E-state index in [-0.39, 0.29) is 0 Å². The van der Waals surface area contributed by atoms with E-state index in [4.69, 9.17) is 15.0 Å². The minimum Gasteiger partial charge on any atom is -0.292 e. The van der Waals surface area contributed by atoms with E-state index in [0.717, 1.165) is 78.5 Å². The zero-order valence-corrected chi connectivity index (χ0v) is 24.6. The molecule has 0 N–H and O–H groups in total. The van der Waals surface area contributed by atoms with Crippen molar-refractivity contribution < 1.29 is 0 Å². The molecule has 0 radical (unpaired) electrons. The lowest BCUT2D eigenvalue weighted by Crippen LogP contribution is -2.04. The predicted octanol–water partition coefficient (Wildman–Crippen LogP) is 8.80. The molecule has 0 unspecified atom stereocenters. The van der Waals surface area contributed by atoms with Gasteiger partial charge in [0.2, 0.25) is 11.6 Å². The topological polar surface area (TPSA) is 57.3 Å². The molecular weight excluding hydrogens is 566 g/mol. The third-order valence-electron chi connectivity index (χ3n) is 8.79. The molecule has 10 rings (SSSR count). The number of rotatable bonds is 3. The molecule has 216 valence electrons. The fourth-order valence-electron chi connectivity index (χ4n) is 6.80. The van der Waals surface area contributed by atoms with E-state index < -0.39 is 0 Å². The van der Waals surface area contributed by atoms with Crippen LogP contribution in [0.3, 0.4) is 0 Å². The molecule has 0 bridgehead atoms. The number of benzene rings is 6. The summed E-state index contributed by atoms with van der Waals surface area (Å²) >= 11 is 0. The van der Waals surface area contributed by atoms with Gasteiger partial charge in [-0.3, -0.25) is 13.4 Å². The summed E-state index contributed by atoms with van der Waals surface area (Å²) in [5, 5.41) is 0. The molecule has 0 atom stereocenters. The average molecular weight is 592 g/mol. The highest BCUT2D eigenvalue weighted by atomic mass is 15.3. The molecule has 4 heterocycles. The standard InChI is InChI=1S/C39H25N7/c1-2-13-26(14-3-1)37-40-29-17-4-7-20-32(29)43(37)27-15-12-16-28(25-27)44-38-41-30-18-5-8-21-33(30)45(38)35-23-10-11-24-36(35)46-34-22-9-6-19-31(34)42-39(44)46/h1-25H. The Morgan fingerprint density at radius 3 is 1.39 bits per heavy atom. The third-order valence-corrected chi connectivity index (χ3v) is 8.79. The molecule has 6 aromatic carbocycles. The third kappa shape index (κ3) is 3.51. The van der Waals surface area contributed by atoms with E-state index in [2.05, 4.69) is 145 Å². The highest BCUT2D eigenvalue weighted by Crippen LogP contribution is 2.32. The largest absolute Gasteiger partial charge is 0.292 e. The first-order valence-corrected chi connectivity index (χ1v) is 15.3. The summed E-state index contributed by atoms with van der Waals surface area (Å²) in [6.45, 7) is 0. The van der Waals surface area contributed by atoms with Crippen LogP contribution in [0.5, 0.6) is 0 Å². The molecular formula is C39H25N7. The second-order valence-electron chi connectivity index (χ2n) is 11.4. The van der Waals surface area contributed by atoms with E-state index in [0.29, 0.717) is 0 Å². The Morgan fingerprint density at radius 2 is 0.804 bits per heavy atom. The number of imidazole rings is 3. The van der Waals surface area contributed by atoms with Gasteiger partial charge in [0.25, 0.3) is 0 Å². The lowest BCUT2D eigenvalue weighted by molar-refractivity contribution is 1.02. The van der Waals surface area contributed by atoms with Crippen LogP contribution in [0.1, 0.15) is 0 Å². The van der Waals surface area contributed by atoms with Gasteiger partial charge in [0.05, 0.1) is 49.8 Å². The van der Waals surface area contributed by atoms with Gasteiger partial charge in [0.1, 0.15) is 5.82 Å². The van der Waals surface area contributed by atoms with E-state index in [1.165, 1.54) is 0 Å². The summed E-state index contributed by atoms with van der Waals surface area (Å²) in [5.41, 5.74) is 11.0. The molecule has 0 amide bonds. The maximum absolute atomic E-state index is 5.26. The van der Waals surface area contributed by atoms with Crippen LogP contribution in [-0.4, -0.2) is 32.9 Å². The molecule has 7 heteroatoms. The van der Waals surface area contributed by atoms with Gasteiger partial charge in [-0.2, -0.15) is 0 Å². The number of aromatic nitrogens is 7. The molecule has 46 heavy (non-hydrogen) atoms. The smallest absolute Gasteiger partial charge is 0.223 e. The van der Waals surface area contributed by atoms with Crippen LogP contribution in [-0.2, 0) is 0 Å². The monoisotopic (exact) mass is 591 g/mol. The Hall–Kier alpha value is -6.47. The summed E-state index contributed by atoms with van der Waals surface area (Å²) in [6.07, 6.45) is 0. The van der Waals surface area contributed by atoms with E-state index >= 15 is 0 Å². The van der Waals surface area contributed by atoms with Crippen LogP contribution in [0.15, 0.2) is 152 Å². The summed E-state index contributed by atoms with van der Waals surface area (Å²) in [5.74, 6) is 2.44. The van der Waals surface area contributed by atoms with Crippen LogP contribution >= 0.6 is 0 Å². The number of nitrogens with zero attached hydrogens (tertiary/aromatic N) is 7. The minimum atomic E-state index is 0.777. The molecule has 0 aliphatic carbocycles. The Morgan fingerprint density at radius 1 is 0.348 bits per heavy atom. The Kier molecular flexibility index (Phi) is 5.15. The van der Waals surface area contributed by atoms with Crippen LogP contribution in [0.2, 0.25) is 0 Å². The molecule has 0 spiro atoms. The van der Waals surface area contributed by atoms with Gasteiger partial charge >= 0.3 is 0 Å². The van der Waals surface area contributed by atoms with Gasteiger partial charge in [-0.15, -0.1) is 0 Å². The van der Waals surface area contributed by atoms with Crippen molar-refractivity contribution in [2.75, 3.05) is 0 Å². The van der Waals surface area contributed by atoms with Crippen LogP contribution in [0, 0.1) is 0 Å². The lowest BCUT2D eigenvalue weighted by Gasteiger charge is -2.13. The van der Waals surface area contributed by atoms with Gasteiger partial charge < -0.3 is 0 Å². The first-order valence-electron chi connectivity index (χ1n) is 15.3. The van der Waals surface area contributed by atoms with Gasteiger partial charge in [-0.05, 0) is 66.7 Å². The van der Waals surface area contributed by atoms with Gasteiger partial charge in [-0.25, -0.2) is 19.5 Å². The maximum atomic E-state index is 5.26. The SMILES string of the molecule is c1ccc(-c2nc3ccccc3n2-c2cccc(-n3c4nc5ccccc5n4c4ccccc4n4c5ccccc5nc34)c2)cc1. The van der Waals surface area contributed by atoms with Gasteiger partial charge in [0, 0.05) is 11.3 Å². The first kappa shape index (κ1) is 24.9. The van der Waals surface area contributed by atoms with Crippen LogP contribution < -0.4 is 0 Å². The number of hydrogen-bond acceptors (Lipinski definition) is 3. The normalized spacial score (nSPS) is 11.9. The van der Waals surface area contributed by atoms with Crippen LogP contribution in [0.4, 0.5) is 0 Å². The summed E-state index contributed by atoms with van der Waals surface area (Å²) in [6, 6.07) is 52.4. The maximum Gasteiger partial charge on any atom is 0.223 e. The quantitative estimate of drug-likeness (QED) is 0.206. The predicted molar refractivity (Wildman–Crippen MR) is 185 cm³/mol. The van der Waals surface area contributed by atoms with Crippen molar-refractivity contribution in [1.29, 1.82) is 0 Å². The van der Waals surface area contributed by atoms with Crippen molar-refractivity contribution in [1.82, 2.24) is 32.9 Å². The van der Waals surface area contributed by atoms with Crippen molar-refractivity contribution in [3.63, 3.8) is 0 Å². The summed E-state index contributed by atoms with van der Waals surface area (Å²) in [7, 11) is 0. The fraction of sp³-hybridized carbons (Fsp3) is 0. The zero-order chi connectivity index (χ0) is 30.2. The first-order chi connectivity index (χ1) is 22.8. The van der Waals surface area contributed by atoms with Crippen molar-refractivity contribution in [3.8, 4) is 22.8 Å². The number of hydrogen-bond donors (Lipinski definition) is 0. The molecule has 0 fully saturated rings. The highest BCUT2D eigenvalue weighted by molar-refractivity contribution is 5.93. The minimum absolute atomic E-state index is 0.777. The fourth-order valence-corrected chi connectivity index (χ4v) is 6.80. The molecule has 4 aromatic heterocycles. The molecule has 7 nitrogen and oxygen atoms in total. The lowest BCUT2D eigenvalue weighted by atomic mass is 10.2. The number of para-hydroxylation sites is 8. The van der Waals surface area contributed by atoms with Crippen LogP contribution in [0.25, 0.3) is 78.5 Å². The Bertz CT molecular complexity index is 2700. The van der Waals surface area contributed by atoms with E-state index in [1.54, 1.807) is 0 Å². The Balaban J connectivity index is 1.38. The molecule has 0 saturated carbocycles. The zero-order valence-electron chi connectivity index (χ0n) is 24.6. The highest BCUT2D eigenvalue weighted by Gasteiger charge is 2.20. The average Bonchev–Trinajstić information content (AvgIpc) is 3.79. The van der Waals surface area contributed by atoms with Crippen molar-refractivity contribution in [2.24, 2.45) is 0 Å². The second kappa shape index (κ2) is 9.51. The summed E-state index contributed by atoms with van der Waals surface area (Å²) in [4.78, 5) is 15.6. The molecule has 0 aliphatic rings. The van der Waals surface area contributed by atoms with Crippen molar-refractivity contribution in [2.45, 2.75) is 0 Å². The van der Waals surface area contributed by atoms with E-state index in [9.17, 15) is 0 Å². The molecule has 10 aromatic rings. The Labute approximate surface area is 262 Å². The van der Waals surface area contributed by atoms with Gasteiger partial charge in [-0.1, -0.05) is 84.9 Å². The van der Waals surface area contributed by atoms with Crippen molar-refractivity contribution >= 4 is 55.7 Å². The molecule has 0 aliphatic heterocycles. The van der Waals surface area contributed by atoms with E-state index in [1.807, 2.05) is 24.3 Å². The van der Waals surface area contributed by atoms with Gasteiger partial charge in [0.15, 0.2) is 0 Å². The number of fused-ring (bicyclic) bond motifs is 10. The second-order valence-corrected chi connectivity index (χ2v) is 11.4. The van der Waals surface area contributed by atoms with Crippen molar-refractivity contribution in [3.05, 3.63) is 152 Å².